The molecule has 3 unspecified atom stereocenters. The van der Waals surface area contributed by atoms with Gasteiger partial charge in [-0.2, -0.15) is 0 Å². The molecule has 3 aromatic carbocycles. The molecule has 2 aliphatic rings. The topological polar surface area (TPSA) is 84.2 Å². The van der Waals surface area contributed by atoms with Gasteiger partial charge in [0.15, 0.2) is 0 Å². The number of rotatable bonds is 2. The monoisotopic (exact) mass is 553 g/mol. The molecule has 2 heterocycles. The van der Waals surface area contributed by atoms with Crippen molar-refractivity contribution in [2.75, 3.05) is 22.9 Å². The van der Waals surface area contributed by atoms with Gasteiger partial charge < -0.3 is 16.4 Å². The summed E-state index contributed by atoms with van der Waals surface area (Å²) < 4.78 is 0. The Morgan fingerprint density at radius 3 is 1.82 bits per heavy atom. The molecule has 0 aliphatic carbocycles. The molecule has 3 atom stereocenters. The number of carbonyl (C=O) groups is 2. The molecule has 0 spiro atoms. The molecule has 5 nitrogen and oxygen atoms in total. The molecule has 0 fully saturated rings. The van der Waals surface area contributed by atoms with Crippen molar-refractivity contribution in [2.45, 2.75) is 80.1 Å². The number of fused-ring (bicyclic) bond motifs is 2. The zero-order valence-corrected chi connectivity index (χ0v) is 25.9. The highest BCUT2D eigenvalue weighted by atomic mass is 35.5. The van der Waals surface area contributed by atoms with E-state index in [9.17, 15) is 9.59 Å². The number of para-hydroxylation sites is 3. The summed E-state index contributed by atoms with van der Waals surface area (Å²) in [6.45, 7) is 19.0. The summed E-state index contributed by atoms with van der Waals surface area (Å²) in [4.78, 5) is 21.9. The van der Waals surface area contributed by atoms with Crippen molar-refractivity contribution in [3.8, 4) is 0 Å². The van der Waals surface area contributed by atoms with Crippen LogP contribution < -0.4 is 16.4 Å². The average Bonchev–Trinajstić information content (AvgIpc) is 3.51. The Morgan fingerprint density at radius 1 is 0.821 bits per heavy atom. The Morgan fingerprint density at radius 2 is 1.31 bits per heavy atom. The fourth-order valence-corrected chi connectivity index (χ4v) is 3.98. The van der Waals surface area contributed by atoms with Crippen LogP contribution in [-0.4, -0.2) is 17.7 Å². The van der Waals surface area contributed by atoms with Gasteiger partial charge in [0.25, 0.3) is 0 Å². The van der Waals surface area contributed by atoms with Crippen LogP contribution in [0.4, 0.5) is 17.1 Å². The maximum atomic E-state index is 11.1. The lowest BCUT2D eigenvalue weighted by Gasteiger charge is -2.08. The molecule has 39 heavy (non-hydrogen) atoms. The molecule has 2 aliphatic heterocycles. The molecule has 5 rings (SSSR count). The first kappa shape index (κ1) is 35.7. The lowest BCUT2D eigenvalue weighted by atomic mass is 10.0. The van der Waals surface area contributed by atoms with Gasteiger partial charge in [-0.15, -0.1) is 0 Å². The van der Waals surface area contributed by atoms with Crippen LogP contribution in [0.2, 0.25) is 0 Å². The van der Waals surface area contributed by atoms with Crippen LogP contribution in [0.3, 0.4) is 0 Å². The predicted molar refractivity (Wildman–Crippen MR) is 171 cm³/mol. The Labute approximate surface area is 241 Å². The largest absolute Gasteiger partial charge is 0.398 e. The quantitative estimate of drug-likeness (QED) is 0.218. The van der Waals surface area contributed by atoms with Gasteiger partial charge in [-0.3, -0.25) is 9.59 Å². The zero-order chi connectivity index (χ0) is 30.0. The van der Waals surface area contributed by atoms with E-state index < -0.39 is 0 Å². The second-order valence-electron chi connectivity index (χ2n) is 8.32. The zero-order valence-electron chi connectivity index (χ0n) is 25.1. The maximum Gasteiger partial charge on any atom is 0.231 e. The first-order valence-corrected chi connectivity index (χ1v) is 14.4. The number of benzene rings is 3. The number of carbonyl (C=O) groups excluding carboxylic acids is 2. The van der Waals surface area contributed by atoms with E-state index in [1.165, 1.54) is 11.3 Å². The minimum Gasteiger partial charge on any atom is -0.398 e. The molecule has 214 valence electrons. The van der Waals surface area contributed by atoms with E-state index in [-0.39, 0.29) is 23.0 Å². The fourth-order valence-electron chi connectivity index (χ4n) is 3.86. The van der Waals surface area contributed by atoms with Crippen LogP contribution in [0.1, 0.15) is 96.8 Å². The number of amides is 1. The SMILES string of the molecule is CC.CC.CC.CC(C(=O)Cl)c1ccccc1N.CC1C(=O)Nc2ccccc21.CC1CNc2ccccc21. The highest BCUT2D eigenvalue weighted by Gasteiger charge is 2.25. The molecule has 1 amide bonds. The van der Waals surface area contributed by atoms with Crippen molar-refractivity contribution in [2.24, 2.45) is 0 Å². The van der Waals surface area contributed by atoms with Gasteiger partial charge >= 0.3 is 0 Å². The minimum absolute atomic E-state index is 0.0196. The Bertz CT molecular complexity index is 1130. The van der Waals surface area contributed by atoms with Gasteiger partial charge in [0, 0.05) is 29.5 Å². The van der Waals surface area contributed by atoms with Gasteiger partial charge in [-0.25, -0.2) is 0 Å². The minimum atomic E-state index is -0.382. The Hall–Kier alpha value is -3.31. The molecule has 0 saturated heterocycles. The van der Waals surface area contributed by atoms with Gasteiger partial charge in [0.2, 0.25) is 11.1 Å². The van der Waals surface area contributed by atoms with Crippen molar-refractivity contribution in [1.29, 1.82) is 0 Å². The lowest BCUT2D eigenvalue weighted by molar-refractivity contribution is -0.116. The summed E-state index contributed by atoms with van der Waals surface area (Å²) in [5.74, 6) is 0.487. The van der Waals surface area contributed by atoms with Gasteiger partial charge in [0.1, 0.15) is 0 Å². The van der Waals surface area contributed by atoms with Crippen molar-refractivity contribution < 1.29 is 9.59 Å². The fraction of sp³-hybridized carbons (Fsp3) is 0.394. The molecule has 6 heteroatoms. The first-order chi connectivity index (χ1) is 18.8. The third kappa shape index (κ3) is 10.8. The number of hydrogen-bond donors (Lipinski definition) is 3. The van der Waals surface area contributed by atoms with Crippen molar-refractivity contribution in [3.63, 3.8) is 0 Å². The van der Waals surface area contributed by atoms with Gasteiger partial charge in [-0.05, 0) is 53.4 Å². The van der Waals surface area contributed by atoms with Crippen LogP contribution in [0, 0.1) is 0 Å². The second kappa shape index (κ2) is 19.7. The molecule has 0 aromatic heterocycles. The van der Waals surface area contributed by atoms with E-state index >= 15 is 0 Å². The molecular weight excluding hydrogens is 506 g/mol. The summed E-state index contributed by atoms with van der Waals surface area (Å²) in [6, 6.07) is 23.5. The number of anilines is 3. The lowest BCUT2D eigenvalue weighted by Crippen LogP contribution is -2.08. The number of nitrogens with one attached hydrogen (secondary N) is 2. The molecular formula is C33H48ClN3O2. The summed E-state index contributed by atoms with van der Waals surface area (Å²) >= 11 is 5.34. The summed E-state index contributed by atoms with van der Waals surface area (Å²) in [5, 5.41) is 5.78. The van der Waals surface area contributed by atoms with Gasteiger partial charge in [-0.1, -0.05) is 110 Å². The Kier molecular flexibility index (Phi) is 18.0. The number of nitrogens with two attached hydrogens (primary N) is 1. The van der Waals surface area contributed by atoms with Crippen LogP contribution >= 0.6 is 11.6 Å². The van der Waals surface area contributed by atoms with Crippen LogP contribution in [0.5, 0.6) is 0 Å². The third-order valence-corrected chi connectivity index (χ3v) is 6.30. The van der Waals surface area contributed by atoms with Crippen molar-refractivity contribution >= 4 is 39.8 Å². The number of nitrogen functional groups attached to an aromatic ring is 1. The first-order valence-electron chi connectivity index (χ1n) is 14.1. The van der Waals surface area contributed by atoms with Gasteiger partial charge in [0.05, 0.1) is 11.8 Å². The van der Waals surface area contributed by atoms with Crippen molar-refractivity contribution in [3.05, 3.63) is 89.5 Å². The van der Waals surface area contributed by atoms with E-state index in [0.29, 0.717) is 11.6 Å². The molecule has 0 bridgehead atoms. The third-order valence-electron chi connectivity index (χ3n) is 5.97. The standard InChI is InChI=1S/C9H10ClNO.C9H9NO.C9H11N.3C2H6/c1-6(9(10)12)7-4-2-3-5-8(7)11;1-6-7-4-2-3-5-8(7)10-9(6)11;1-7-6-10-9-5-3-2-4-8(7)9;3*1-2/h2-6H,11H2,1H3;2-6H,1H3,(H,10,11);2-5,7,10H,6H2,1H3;3*1-2H3. The van der Waals surface area contributed by atoms with E-state index in [0.717, 1.165) is 23.4 Å². The van der Waals surface area contributed by atoms with E-state index in [1.54, 1.807) is 19.1 Å². The van der Waals surface area contributed by atoms with Crippen LogP contribution in [0.15, 0.2) is 72.8 Å². The summed E-state index contributed by atoms with van der Waals surface area (Å²) in [6.07, 6.45) is 0. The highest BCUT2D eigenvalue weighted by molar-refractivity contribution is 6.64. The Balaban J connectivity index is 0.000000507. The summed E-state index contributed by atoms with van der Waals surface area (Å²) in [7, 11) is 0. The number of hydrogen-bond acceptors (Lipinski definition) is 4. The number of halogens is 1. The smallest absolute Gasteiger partial charge is 0.231 e. The second-order valence-corrected chi connectivity index (χ2v) is 8.69. The van der Waals surface area contributed by atoms with E-state index in [2.05, 4.69) is 41.8 Å². The highest BCUT2D eigenvalue weighted by Crippen LogP contribution is 2.31. The van der Waals surface area contributed by atoms with Crippen LogP contribution in [-0.2, 0) is 9.59 Å². The normalized spacial score (nSPS) is 15.9. The van der Waals surface area contributed by atoms with Crippen LogP contribution in [0.25, 0.3) is 0 Å². The van der Waals surface area contributed by atoms with E-state index in [1.807, 2.05) is 84.9 Å². The molecule has 3 aromatic rings. The molecule has 0 radical (unpaired) electrons. The summed E-state index contributed by atoms with van der Waals surface area (Å²) in [5.41, 5.74) is 11.9. The maximum absolute atomic E-state index is 11.1. The van der Waals surface area contributed by atoms with E-state index in [4.69, 9.17) is 17.3 Å². The predicted octanol–water partition coefficient (Wildman–Crippen LogP) is 9.17. The molecule has 0 saturated carbocycles. The van der Waals surface area contributed by atoms with Crippen molar-refractivity contribution in [1.82, 2.24) is 0 Å². The average molecular weight is 554 g/mol. The molecule has 4 N–H and O–H groups in total.